The van der Waals surface area contributed by atoms with Crippen LogP contribution in [-0.4, -0.2) is 24.1 Å². The molecule has 4 aromatic heterocycles. The third-order valence-corrected chi connectivity index (χ3v) is 11.1. The standard InChI is InChI=1S/C51H31N5O/c1-4-15-32(16-5-1)49-52-50(33-17-6-2-7-18-33)54-51(53-49)34-19-14-22-36(31-34)56-40-25-12-10-23-37(40)38-27-28-42-47(48(38)56)46-41(55(42)35-20-8-3-9-21-35)29-30-44-45(46)39-24-11-13-26-43(39)57-44/h1-31H. The first kappa shape index (κ1) is 31.5. The Morgan fingerprint density at radius 2 is 0.895 bits per heavy atom. The van der Waals surface area contributed by atoms with Gasteiger partial charge >= 0.3 is 0 Å². The van der Waals surface area contributed by atoms with Gasteiger partial charge in [0.05, 0.1) is 22.1 Å². The second-order valence-electron chi connectivity index (χ2n) is 14.4. The van der Waals surface area contributed by atoms with E-state index in [0.29, 0.717) is 17.5 Å². The monoisotopic (exact) mass is 729 g/mol. The predicted molar refractivity (Wildman–Crippen MR) is 232 cm³/mol. The van der Waals surface area contributed by atoms with Crippen molar-refractivity contribution >= 4 is 65.6 Å². The van der Waals surface area contributed by atoms with Gasteiger partial charge in [-0.15, -0.1) is 0 Å². The van der Waals surface area contributed by atoms with Crippen molar-refractivity contribution < 1.29 is 4.42 Å². The molecule has 0 amide bonds. The molecule has 0 aliphatic rings. The topological polar surface area (TPSA) is 61.7 Å². The lowest BCUT2D eigenvalue weighted by Gasteiger charge is -2.12. The van der Waals surface area contributed by atoms with E-state index in [0.717, 1.165) is 72.1 Å². The SMILES string of the molecule is c1ccc(-c2nc(-c3ccccc3)nc(-c3cccc(-n4c5ccccc5c5ccc6c(c7c8c(ccc7n6-c6ccccc6)oc6ccccc68)c54)c3)n2)cc1. The Morgan fingerprint density at radius 1 is 0.333 bits per heavy atom. The molecule has 4 heterocycles. The summed E-state index contributed by atoms with van der Waals surface area (Å²) >= 11 is 0. The summed E-state index contributed by atoms with van der Waals surface area (Å²) in [6.45, 7) is 0. The molecule has 0 bridgehead atoms. The highest BCUT2D eigenvalue weighted by Gasteiger charge is 2.24. The van der Waals surface area contributed by atoms with Crippen LogP contribution < -0.4 is 0 Å². The fraction of sp³-hybridized carbons (Fsp3) is 0. The number of furan rings is 1. The second-order valence-corrected chi connectivity index (χ2v) is 14.4. The first-order chi connectivity index (χ1) is 28.3. The van der Waals surface area contributed by atoms with Crippen LogP contribution in [0.15, 0.2) is 192 Å². The van der Waals surface area contributed by atoms with Crippen molar-refractivity contribution in [2.24, 2.45) is 0 Å². The summed E-state index contributed by atoms with van der Waals surface area (Å²) in [7, 11) is 0. The quantitative estimate of drug-likeness (QED) is 0.177. The zero-order chi connectivity index (χ0) is 37.5. The molecule has 0 radical (unpaired) electrons. The van der Waals surface area contributed by atoms with Crippen LogP contribution in [0.3, 0.4) is 0 Å². The van der Waals surface area contributed by atoms with Crippen molar-refractivity contribution in [3.05, 3.63) is 188 Å². The highest BCUT2D eigenvalue weighted by molar-refractivity contribution is 6.34. The van der Waals surface area contributed by atoms with E-state index in [9.17, 15) is 0 Å². The Labute approximate surface area is 326 Å². The van der Waals surface area contributed by atoms with Crippen molar-refractivity contribution in [2.45, 2.75) is 0 Å². The first-order valence-electron chi connectivity index (χ1n) is 19.1. The van der Waals surface area contributed by atoms with Crippen LogP contribution in [0, 0.1) is 0 Å². The normalized spacial score (nSPS) is 11.9. The van der Waals surface area contributed by atoms with Gasteiger partial charge in [-0.05, 0) is 54.6 Å². The van der Waals surface area contributed by atoms with E-state index >= 15 is 0 Å². The maximum absolute atomic E-state index is 6.52. The molecule has 0 atom stereocenters. The van der Waals surface area contributed by atoms with E-state index in [2.05, 4.69) is 130 Å². The molecule has 0 fully saturated rings. The summed E-state index contributed by atoms with van der Waals surface area (Å²) in [5.74, 6) is 1.88. The average Bonchev–Trinajstić information content (AvgIpc) is 3.95. The third kappa shape index (κ3) is 4.81. The van der Waals surface area contributed by atoms with Crippen LogP contribution in [-0.2, 0) is 0 Å². The third-order valence-electron chi connectivity index (χ3n) is 11.1. The largest absolute Gasteiger partial charge is 0.456 e. The average molecular weight is 730 g/mol. The number of aromatic nitrogens is 5. The van der Waals surface area contributed by atoms with Crippen molar-refractivity contribution in [1.82, 2.24) is 24.1 Å². The molecule has 6 heteroatoms. The molecule has 6 nitrogen and oxygen atoms in total. The highest BCUT2D eigenvalue weighted by Crippen LogP contribution is 2.46. The summed E-state index contributed by atoms with van der Waals surface area (Å²) < 4.78 is 11.3. The van der Waals surface area contributed by atoms with Gasteiger partial charge in [-0.1, -0.05) is 133 Å². The van der Waals surface area contributed by atoms with E-state index in [-0.39, 0.29) is 0 Å². The lowest BCUT2D eigenvalue weighted by atomic mass is 10.0. The smallest absolute Gasteiger partial charge is 0.164 e. The molecule has 0 saturated heterocycles. The molecule has 8 aromatic carbocycles. The molecular formula is C51H31N5O. The van der Waals surface area contributed by atoms with E-state index in [1.54, 1.807) is 0 Å². The number of hydrogen-bond donors (Lipinski definition) is 0. The van der Waals surface area contributed by atoms with E-state index < -0.39 is 0 Å². The molecule has 266 valence electrons. The molecule has 0 aliphatic heterocycles. The maximum Gasteiger partial charge on any atom is 0.164 e. The minimum Gasteiger partial charge on any atom is -0.456 e. The van der Waals surface area contributed by atoms with Crippen LogP contribution in [0.25, 0.3) is 111 Å². The van der Waals surface area contributed by atoms with Gasteiger partial charge in [-0.3, -0.25) is 0 Å². The number of para-hydroxylation sites is 3. The van der Waals surface area contributed by atoms with E-state index in [1.165, 1.54) is 21.5 Å². The highest BCUT2D eigenvalue weighted by atomic mass is 16.3. The first-order valence-corrected chi connectivity index (χ1v) is 19.1. The van der Waals surface area contributed by atoms with E-state index in [4.69, 9.17) is 19.4 Å². The van der Waals surface area contributed by atoms with E-state index in [1.807, 2.05) is 66.7 Å². The van der Waals surface area contributed by atoms with Crippen LogP contribution in [0.2, 0.25) is 0 Å². The molecule has 12 rings (SSSR count). The van der Waals surface area contributed by atoms with Crippen molar-refractivity contribution in [3.8, 4) is 45.5 Å². The fourth-order valence-electron chi connectivity index (χ4n) is 8.70. The summed E-state index contributed by atoms with van der Waals surface area (Å²) in [4.78, 5) is 15.1. The Kier molecular flexibility index (Phi) is 6.83. The molecule has 0 aliphatic carbocycles. The van der Waals surface area contributed by atoms with Gasteiger partial charge in [0.1, 0.15) is 11.2 Å². The zero-order valence-corrected chi connectivity index (χ0v) is 30.5. The Hall–Kier alpha value is -7.83. The maximum atomic E-state index is 6.52. The molecule has 0 saturated carbocycles. The minimum absolute atomic E-state index is 0.614. The van der Waals surface area contributed by atoms with Crippen molar-refractivity contribution in [2.75, 3.05) is 0 Å². The second kappa shape index (κ2) is 12.3. The minimum atomic E-state index is 0.614. The summed E-state index contributed by atoms with van der Waals surface area (Å²) in [5, 5.41) is 6.92. The van der Waals surface area contributed by atoms with Crippen LogP contribution in [0.5, 0.6) is 0 Å². The Balaban J connectivity index is 1.19. The van der Waals surface area contributed by atoms with Crippen molar-refractivity contribution in [1.29, 1.82) is 0 Å². The van der Waals surface area contributed by atoms with Gasteiger partial charge in [-0.25, -0.2) is 15.0 Å². The number of nitrogens with zero attached hydrogens (tertiary/aromatic N) is 5. The van der Waals surface area contributed by atoms with Crippen LogP contribution in [0.4, 0.5) is 0 Å². The molecule has 0 unspecified atom stereocenters. The summed E-state index contributed by atoms with van der Waals surface area (Å²) in [6, 6.07) is 65.4. The van der Waals surface area contributed by atoms with Gasteiger partial charge in [-0.2, -0.15) is 0 Å². The lowest BCUT2D eigenvalue weighted by Crippen LogP contribution is -2.01. The Bertz CT molecular complexity index is 3450. The van der Waals surface area contributed by atoms with Gasteiger partial charge in [0.2, 0.25) is 0 Å². The molecule has 57 heavy (non-hydrogen) atoms. The number of fused-ring (bicyclic) bond motifs is 11. The summed E-state index contributed by atoms with van der Waals surface area (Å²) in [5.41, 5.74) is 11.1. The molecule has 0 spiro atoms. The van der Waals surface area contributed by atoms with Gasteiger partial charge in [0, 0.05) is 60.4 Å². The Morgan fingerprint density at radius 3 is 1.63 bits per heavy atom. The number of hydrogen-bond acceptors (Lipinski definition) is 4. The van der Waals surface area contributed by atoms with Gasteiger partial charge < -0.3 is 13.6 Å². The summed E-state index contributed by atoms with van der Waals surface area (Å²) in [6.07, 6.45) is 0. The molecule has 12 aromatic rings. The van der Waals surface area contributed by atoms with Gasteiger partial charge in [0.15, 0.2) is 17.5 Å². The number of benzene rings is 8. The van der Waals surface area contributed by atoms with Crippen LogP contribution in [0.1, 0.15) is 0 Å². The lowest BCUT2D eigenvalue weighted by molar-refractivity contribution is 0.669. The van der Waals surface area contributed by atoms with Crippen LogP contribution >= 0.6 is 0 Å². The predicted octanol–water partition coefficient (Wildman–Crippen LogP) is 13.0. The number of rotatable bonds is 5. The van der Waals surface area contributed by atoms with Gasteiger partial charge in [0.25, 0.3) is 0 Å². The molecular weight excluding hydrogens is 699 g/mol. The zero-order valence-electron chi connectivity index (χ0n) is 30.5. The fourth-order valence-corrected chi connectivity index (χ4v) is 8.70. The molecule has 0 N–H and O–H groups in total. The van der Waals surface area contributed by atoms with Crippen molar-refractivity contribution in [3.63, 3.8) is 0 Å².